The predicted molar refractivity (Wildman–Crippen MR) is 210 cm³/mol. The van der Waals surface area contributed by atoms with Gasteiger partial charge < -0.3 is 9.32 Å². The van der Waals surface area contributed by atoms with Crippen molar-refractivity contribution in [1.82, 2.24) is 4.98 Å². The Labute approximate surface area is 293 Å². The van der Waals surface area contributed by atoms with Crippen molar-refractivity contribution in [3.63, 3.8) is 0 Å². The number of hydrogen-bond donors (Lipinski definition) is 0. The minimum absolute atomic E-state index is 0.0193. The molecule has 0 radical (unpaired) electrons. The number of furan rings is 1. The summed E-state index contributed by atoms with van der Waals surface area (Å²) >= 11 is 0. The molecule has 8 aromatic carbocycles. The van der Waals surface area contributed by atoms with Crippen molar-refractivity contribution in [3.8, 4) is 22.3 Å². The minimum Gasteiger partial charge on any atom is -0.456 e. The highest BCUT2D eigenvalue weighted by molar-refractivity contribution is 6.11. The van der Waals surface area contributed by atoms with Crippen LogP contribution in [0.1, 0.15) is 4.11 Å². The fraction of sp³-hybridized carbons (Fsp3) is 0. The maximum Gasteiger partial charge on any atom is 0.137 e. The maximum absolute atomic E-state index is 8.44. The van der Waals surface area contributed by atoms with Crippen LogP contribution in [0.15, 0.2) is 186 Å². The first-order chi connectivity index (χ1) is 26.0. The molecule has 0 spiro atoms. The molecule has 0 unspecified atom stereocenters. The fourth-order valence-corrected chi connectivity index (χ4v) is 7.11. The molecular formula is C47H30N2O. The zero-order valence-corrected chi connectivity index (χ0v) is 26.9. The molecule has 0 saturated carbocycles. The average Bonchev–Trinajstić information content (AvgIpc) is 3.56. The molecular weight excluding hydrogens is 609 g/mol. The van der Waals surface area contributed by atoms with Crippen LogP contribution in [0.4, 0.5) is 17.1 Å². The summed E-state index contributed by atoms with van der Waals surface area (Å²) in [7, 11) is 0. The molecule has 10 aromatic rings. The van der Waals surface area contributed by atoms with Gasteiger partial charge in [-0.1, -0.05) is 97.0 Å². The second kappa shape index (κ2) is 11.5. The van der Waals surface area contributed by atoms with Gasteiger partial charge in [0, 0.05) is 45.5 Å². The summed E-state index contributed by atoms with van der Waals surface area (Å²) in [6, 6.07) is 56.7. The van der Waals surface area contributed by atoms with Gasteiger partial charge >= 0.3 is 0 Å². The Morgan fingerprint density at radius 2 is 1.00 bits per heavy atom. The maximum atomic E-state index is 8.44. The van der Waals surface area contributed by atoms with Crippen LogP contribution in [0.2, 0.25) is 0 Å². The number of nitrogens with zero attached hydrogens (tertiary/aromatic N) is 2. The van der Waals surface area contributed by atoms with E-state index in [0.29, 0.717) is 10.9 Å². The van der Waals surface area contributed by atoms with Crippen LogP contribution in [0, 0.1) is 0 Å². The number of hydrogen-bond acceptors (Lipinski definition) is 3. The summed E-state index contributed by atoms with van der Waals surface area (Å²) in [5.74, 6) is 0. The second-order valence-corrected chi connectivity index (χ2v) is 12.7. The molecule has 0 aliphatic heterocycles. The summed E-state index contributed by atoms with van der Waals surface area (Å²) < 4.78 is 31.0. The molecule has 50 heavy (non-hydrogen) atoms. The van der Waals surface area contributed by atoms with Gasteiger partial charge in [-0.15, -0.1) is 0 Å². The fourth-order valence-electron chi connectivity index (χ4n) is 7.11. The molecule has 3 heteroatoms. The number of rotatable bonds is 5. The lowest BCUT2D eigenvalue weighted by molar-refractivity contribution is 0.669. The van der Waals surface area contributed by atoms with Crippen molar-refractivity contribution >= 4 is 71.4 Å². The van der Waals surface area contributed by atoms with E-state index < -0.39 is 0 Å². The van der Waals surface area contributed by atoms with Gasteiger partial charge in [0.2, 0.25) is 0 Å². The first-order valence-electron chi connectivity index (χ1n) is 18.2. The normalized spacial score (nSPS) is 12.4. The van der Waals surface area contributed by atoms with Crippen LogP contribution in [0.25, 0.3) is 76.6 Å². The van der Waals surface area contributed by atoms with E-state index in [2.05, 4.69) is 155 Å². The third kappa shape index (κ3) is 4.87. The third-order valence-corrected chi connectivity index (χ3v) is 9.67. The first kappa shape index (κ1) is 25.3. The zero-order valence-electron chi connectivity index (χ0n) is 29.9. The van der Waals surface area contributed by atoms with Crippen LogP contribution in [0.3, 0.4) is 0 Å². The monoisotopic (exact) mass is 641 g/mol. The van der Waals surface area contributed by atoms with Gasteiger partial charge in [0.05, 0.1) is 9.63 Å². The van der Waals surface area contributed by atoms with Gasteiger partial charge in [0.25, 0.3) is 0 Å². The number of benzene rings is 8. The quantitative estimate of drug-likeness (QED) is 0.187. The lowest BCUT2D eigenvalue weighted by Gasteiger charge is -2.26. The van der Waals surface area contributed by atoms with Crippen molar-refractivity contribution in [2.75, 3.05) is 4.90 Å². The zero-order chi connectivity index (χ0) is 35.6. The number of aromatic nitrogens is 1. The molecule has 3 nitrogen and oxygen atoms in total. The molecule has 10 rings (SSSR count). The molecule has 0 aliphatic carbocycles. The topological polar surface area (TPSA) is 29.3 Å². The van der Waals surface area contributed by atoms with Gasteiger partial charge in [0.1, 0.15) is 11.2 Å². The van der Waals surface area contributed by atoms with Gasteiger partial charge in [-0.25, -0.2) is 0 Å². The largest absolute Gasteiger partial charge is 0.456 e. The highest BCUT2D eigenvalue weighted by Crippen LogP contribution is 2.40. The average molecular weight is 642 g/mol. The highest BCUT2D eigenvalue weighted by atomic mass is 16.3. The van der Waals surface area contributed by atoms with E-state index in [4.69, 9.17) is 8.53 Å². The molecule has 0 atom stereocenters. The molecule has 2 aromatic heterocycles. The van der Waals surface area contributed by atoms with Crippen LogP contribution < -0.4 is 4.90 Å². The Hall–Kier alpha value is -6.71. The highest BCUT2D eigenvalue weighted by Gasteiger charge is 2.17. The molecule has 2 heterocycles. The molecule has 0 bridgehead atoms. The molecule has 0 fully saturated rings. The lowest BCUT2D eigenvalue weighted by Crippen LogP contribution is -2.09. The SMILES string of the molecule is [2H]c1nc2ccc(-c3ccc(N(c4ccc(-c5ccc6ccccc6c5)cc4)c4ccc5c(c4)oc4cc6ccccc6cc45)cc3)cc2c([2H])c1[2H]. The van der Waals surface area contributed by atoms with Gasteiger partial charge in [-0.3, -0.25) is 4.98 Å². The molecule has 0 amide bonds. The smallest absolute Gasteiger partial charge is 0.137 e. The Morgan fingerprint density at radius 1 is 0.440 bits per heavy atom. The standard InChI is InChI=1S/C47H30N2O/c1-2-7-34-26-37(12-11-31(34)6-1)32-13-18-40(19-14-32)49(41-20-15-33(16-21-41)38-17-24-45-39(27-38)10-5-25-48-45)42-22-23-43-44-28-35-8-3-4-9-36(35)29-46(44)50-47(43)30-42/h1-30H/i5D,10D,25D. The Morgan fingerprint density at radius 3 is 1.72 bits per heavy atom. The lowest BCUT2D eigenvalue weighted by atomic mass is 10.0. The van der Waals surface area contributed by atoms with E-state index in [0.717, 1.165) is 61.1 Å². The van der Waals surface area contributed by atoms with E-state index >= 15 is 0 Å². The molecule has 0 saturated heterocycles. The Bertz CT molecular complexity index is 3040. The second-order valence-electron chi connectivity index (χ2n) is 12.7. The van der Waals surface area contributed by atoms with Crippen LogP contribution >= 0.6 is 0 Å². The van der Waals surface area contributed by atoms with Crippen LogP contribution in [-0.4, -0.2) is 4.98 Å². The number of fused-ring (bicyclic) bond motifs is 6. The van der Waals surface area contributed by atoms with Crippen molar-refractivity contribution in [3.05, 3.63) is 182 Å². The molecule has 0 N–H and O–H groups in total. The number of anilines is 3. The molecule has 234 valence electrons. The summed E-state index contributed by atoms with van der Waals surface area (Å²) in [5, 5.41) is 7.50. The third-order valence-electron chi connectivity index (χ3n) is 9.67. The molecule has 0 aliphatic rings. The summed E-state index contributed by atoms with van der Waals surface area (Å²) in [4.78, 5) is 6.45. The van der Waals surface area contributed by atoms with E-state index in [1.54, 1.807) is 0 Å². The van der Waals surface area contributed by atoms with Crippen molar-refractivity contribution in [1.29, 1.82) is 0 Å². The Balaban J connectivity index is 1.07. The van der Waals surface area contributed by atoms with Crippen molar-refractivity contribution in [2.24, 2.45) is 0 Å². The van der Waals surface area contributed by atoms with E-state index in [1.165, 1.54) is 21.7 Å². The summed E-state index contributed by atoms with van der Waals surface area (Å²) in [6.07, 6.45) is -0.181. The van der Waals surface area contributed by atoms with Crippen molar-refractivity contribution in [2.45, 2.75) is 0 Å². The van der Waals surface area contributed by atoms with Gasteiger partial charge in [0.15, 0.2) is 0 Å². The van der Waals surface area contributed by atoms with Gasteiger partial charge in [-0.05, 0) is 117 Å². The number of pyridine rings is 1. The Kier molecular flexibility index (Phi) is 5.81. The first-order valence-corrected chi connectivity index (χ1v) is 16.7. The van der Waals surface area contributed by atoms with E-state index in [1.807, 2.05) is 18.2 Å². The minimum atomic E-state index is -0.181. The summed E-state index contributed by atoms with van der Waals surface area (Å²) in [6.45, 7) is 0. The van der Waals surface area contributed by atoms with Crippen molar-refractivity contribution < 1.29 is 8.53 Å². The summed E-state index contributed by atoms with van der Waals surface area (Å²) in [5.41, 5.74) is 9.38. The predicted octanol–water partition coefficient (Wildman–Crippen LogP) is 13.2. The van der Waals surface area contributed by atoms with Crippen LogP contribution in [0.5, 0.6) is 0 Å². The van der Waals surface area contributed by atoms with E-state index in [9.17, 15) is 0 Å². The van der Waals surface area contributed by atoms with Gasteiger partial charge in [-0.2, -0.15) is 0 Å². The van der Waals surface area contributed by atoms with E-state index in [-0.39, 0.29) is 18.3 Å². The van der Waals surface area contributed by atoms with Crippen LogP contribution in [-0.2, 0) is 0 Å².